The van der Waals surface area contributed by atoms with Crippen LogP contribution >= 0.6 is 22.6 Å². The number of aryl methyl sites for hydroxylation is 1. The number of benzene rings is 1. The van der Waals surface area contributed by atoms with Crippen molar-refractivity contribution in [3.05, 3.63) is 27.3 Å². The summed E-state index contributed by atoms with van der Waals surface area (Å²) in [5, 5.41) is 6.57. The lowest BCUT2D eigenvalue weighted by molar-refractivity contribution is -0.906. The van der Waals surface area contributed by atoms with E-state index in [0.717, 1.165) is 50.6 Å². The number of nitrogens with zero attached hydrogens (tertiary/aromatic N) is 3. The molecule has 0 radical (unpaired) electrons. The second-order valence-electron chi connectivity index (χ2n) is 6.32. The Morgan fingerprint density at radius 3 is 2.70 bits per heavy atom. The minimum atomic E-state index is 0.319. The molecule has 3 rings (SSSR count). The van der Waals surface area contributed by atoms with Gasteiger partial charge in [0, 0.05) is 9.26 Å². The number of halogens is 1. The number of rotatable bonds is 8. The molecule has 2 heterocycles. The van der Waals surface area contributed by atoms with Crippen molar-refractivity contribution >= 4 is 40.2 Å². The summed E-state index contributed by atoms with van der Waals surface area (Å²) < 4.78 is 12.1. The highest BCUT2D eigenvalue weighted by Gasteiger charge is 2.14. The molecule has 27 heavy (non-hydrogen) atoms. The summed E-state index contributed by atoms with van der Waals surface area (Å²) in [6, 6.07) is 6.50. The lowest BCUT2D eigenvalue weighted by atomic mass is 10.2. The van der Waals surface area contributed by atoms with E-state index in [1.54, 1.807) is 0 Å². The Labute approximate surface area is 173 Å². The number of ether oxygens (including phenoxy) is 2. The third kappa shape index (κ3) is 6.15. The van der Waals surface area contributed by atoms with Crippen molar-refractivity contribution in [2.45, 2.75) is 13.8 Å². The van der Waals surface area contributed by atoms with Gasteiger partial charge in [-0.25, -0.2) is 0 Å². The van der Waals surface area contributed by atoms with E-state index in [1.165, 1.54) is 8.47 Å². The molecule has 8 nitrogen and oxygen atoms in total. The molecule has 0 saturated carbocycles. The van der Waals surface area contributed by atoms with Gasteiger partial charge in [-0.2, -0.15) is 15.0 Å². The SMILES string of the molecule is CCOc1nc(NCC[NH+]2CCOCC2)nc(Nc2ccc(I)cc2C)n1. The molecule has 1 aliphatic heterocycles. The number of nitrogens with one attached hydrogen (secondary N) is 3. The van der Waals surface area contributed by atoms with Crippen LogP contribution in [0.15, 0.2) is 18.2 Å². The zero-order valence-corrected chi connectivity index (χ0v) is 17.9. The summed E-state index contributed by atoms with van der Waals surface area (Å²) in [7, 11) is 0. The van der Waals surface area contributed by atoms with Gasteiger partial charge in [0.25, 0.3) is 0 Å². The van der Waals surface area contributed by atoms with Crippen molar-refractivity contribution in [1.82, 2.24) is 15.0 Å². The lowest BCUT2D eigenvalue weighted by Gasteiger charge is -2.23. The van der Waals surface area contributed by atoms with Gasteiger partial charge in [-0.1, -0.05) is 0 Å². The van der Waals surface area contributed by atoms with Crippen molar-refractivity contribution in [2.24, 2.45) is 0 Å². The average Bonchev–Trinajstić information content (AvgIpc) is 2.65. The zero-order valence-electron chi connectivity index (χ0n) is 15.7. The van der Waals surface area contributed by atoms with Gasteiger partial charge in [-0.3, -0.25) is 0 Å². The first-order chi connectivity index (χ1) is 13.1. The topological polar surface area (TPSA) is 85.6 Å². The maximum Gasteiger partial charge on any atom is 0.323 e. The zero-order chi connectivity index (χ0) is 19.1. The highest BCUT2D eigenvalue weighted by molar-refractivity contribution is 14.1. The molecule has 2 aromatic rings. The van der Waals surface area contributed by atoms with Gasteiger partial charge >= 0.3 is 6.01 Å². The predicted octanol–water partition coefficient (Wildman–Crippen LogP) is 1.25. The third-order valence-corrected chi connectivity index (χ3v) is 4.96. The van der Waals surface area contributed by atoms with Gasteiger partial charge in [0.2, 0.25) is 11.9 Å². The standard InChI is InChI=1S/C18H25IN6O2/c1-3-27-18-23-16(20-6-7-25-8-10-26-11-9-25)22-17(24-18)21-15-5-4-14(19)12-13(15)2/h4-5,12H,3,6-11H2,1-2H3,(H2,20,21,22,23,24)/p+1. The highest BCUT2D eigenvalue weighted by atomic mass is 127. The molecule has 3 N–H and O–H groups in total. The second-order valence-corrected chi connectivity index (χ2v) is 7.57. The molecule has 9 heteroatoms. The van der Waals surface area contributed by atoms with Crippen LogP contribution < -0.4 is 20.3 Å². The largest absolute Gasteiger partial charge is 0.464 e. The van der Waals surface area contributed by atoms with Crippen molar-refractivity contribution in [2.75, 3.05) is 56.6 Å². The van der Waals surface area contributed by atoms with Gasteiger partial charge in [-0.05, 0) is 60.2 Å². The molecule has 0 spiro atoms. The molecule has 0 amide bonds. The van der Waals surface area contributed by atoms with E-state index < -0.39 is 0 Å². The van der Waals surface area contributed by atoms with Crippen LogP contribution in [0.2, 0.25) is 0 Å². The molecule has 1 saturated heterocycles. The summed E-state index contributed by atoms with van der Waals surface area (Å²) in [5.74, 6) is 0.991. The molecule has 0 bridgehead atoms. The van der Waals surface area contributed by atoms with Crippen LogP contribution in [0, 0.1) is 10.5 Å². The number of anilines is 3. The number of aromatic nitrogens is 3. The molecule has 1 aromatic carbocycles. The first kappa shape index (κ1) is 20.0. The van der Waals surface area contributed by atoms with Crippen LogP contribution in [-0.4, -0.2) is 61.0 Å². The van der Waals surface area contributed by atoms with Gasteiger partial charge < -0.3 is 25.0 Å². The van der Waals surface area contributed by atoms with Gasteiger partial charge in [-0.15, -0.1) is 0 Å². The first-order valence-electron chi connectivity index (χ1n) is 9.21. The van der Waals surface area contributed by atoms with Crippen molar-refractivity contribution in [1.29, 1.82) is 0 Å². The van der Waals surface area contributed by atoms with E-state index in [2.05, 4.69) is 61.2 Å². The average molecular weight is 485 g/mol. The Balaban J connectivity index is 1.67. The number of hydrogen-bond acceptors (Lipinski definition) is 7. The normalized spacial score (nSPS) is 14.8. The van der Waals surface area contributed by atoms with Gasteiger partial charge in [0.1, 0.15) is 13.1 Å². The third-order valence-electron chi connectivity index (χ3n) is 4.28. The minimum Gasteiger partial charge on any atom is -0.464 e. The molecule has 1 aliphatic rings. The minimum absolute atomic E-state index is 0.319. The lowest BCUT2D eigenvalue weighted by Crippen LogP contribution is -3.14. The Kier molecular flexibility index (Phi) is 7.41. The molecule has 0 atom stereocenters. The number of morpholine rings is 1. The Morgan fingerprint density at radius 2 is 1.96 bits per heavy atom. The maximum atomic E-state index is 5.51. The predicted molar refractivity (Wildman–Crippen MR) is 113 cm³/mol. The molecule has 146 valence electrons. The van der Waals surface area contributed by atoms with E-state index in [1.807, 2.05) is 19.1 Å². The maximum absolute atomic E-state index is 5.51. The Morgan fingerprint density at radius 1 is 1.19 bits per heavy atom. The molecule has 0 aliphatic carbocycles. The van der Waals surface area contributed by atoms with E-state index in [9.17, 15) is 0 Å². The van der Waals surface area contributed by atoms with E-state index in [4.69, 9.17) is 9.47 Å². The fourth-order valence-electron chi connectivity index (χ4n) is 2.83. The fraction of sp³-hybridized carbons (Fsp3) is 0.500. The molecule has 1 fully saturated rings. The number of hydrogen-bond donors (Lipinski definition) is 3. The molecular formula is C18H26IN6O2+. The number of quaternary nitrogens is 1. The van der Waals surface area contributed by atoms with Crippen LogP contribution in [0.25, 0.3) is 0 Å². The summed E-state index contributed by atoms with van der Waals surface area (Å²) in [4.78, 5) is 14.7. The summed E-state index contributed by atoms with van der Waals surface area (Å²) in [5.41, 5.74) is 2.10. The summed E-state index contributed by atoms with van der Waals surface area (Å²) in [6.07, 6.45) is 0. The second kappa shape index (κ2) is 10.00. The van der Waals surface area contributed by atoms with Crippen LogP contribution in [0.4, 0.5) is 17.6 Å². The Bertz CT molecular complexity index is 755. The van der Waals surface area contributed by atoms with Crippen LogP contribution in [0.3, 0.4) is 0 Å². The van der Waals surface area contributed by atoms with Gasteiger partial charge in [0.15, 0.2) is 0 Å². The molecule has 1 aromatic heterocycles. The van der Waals surface area contributed by atoms with Gasteiger partial charge in [0.05, 0.1) is 32.9 Å². The van der Waals surface area contributed by atoms with Crippen LogP contribution in [0.5, 0.6) is 6.01 Å². The summed E-state index contributed by atoms with van der Waals surface area (Å²) in [6.45, 7) is 10.0. The Hall–Kier alpha value is -1.72. The van der Waals surface area contributed by atoms with Crippen molar-refractivity contribution in [3.8, 4) is 6.01 Å². The smallest absolute Gasteiger partial charge is 0.323 e. The quantitative estimate of drug-likeness (QED) is 0.486. The molecular weight excluding hydrogens is 459 g/mol. The van der Waals surface area contributed by atoms with E-state index >= 15 is 0 Å². The van der Waals surface area contributed by atoms with Crippen LogP contribution in [0.1, 0.15) is 12.5 Å². The van der Waals surface area contributed by atoms with Crippen molar-refractivity contribution in [3.63, 3.8) is 0 Å². The first-order valence-corrected chi connectivity index (χ1v) is 10.3. The summed E-state index contributed by atoms with van der Waals surface area (Å²) >= 11 is 2.30. The monoisotopic (exact) mass is 485 g/mol. The van der Waals surface area contributed by atoms with Crippen molar-refractivity contribution < 1.29 is 14.4 Å². The fourth-order valence-corrected chi connectivity index (χ4v) is 3.48. The van der Waals surface area contributed by atoms with E-state index in [0.29, 0.717) is 24.5 Å². The highest BCUT2D eigenvalue weighted by Crippen LogP contribution is 2.22. The van der Waals surface area contributed by atoms with E-state index in [-0.39, 0.29) is 0 Å². The molecule has 0 unspecified atom stereocenters. The van der Waals surface area contributed by atoms with Crippen LogP contribution in [-0.2, 0) is 4.74 Å².